The lowest BCUT2D eigenvalue weighted by Crippen LogP contribution is -2.26. The van der Waals surface area contributed by atoms with Crippen LogP contribution in [0.4, 0.5) is 5.69 Å². The molecule has 0 bridgehead atoms. The molecule has 1 amide bonds. The predicted molar refractivity (Wildman–Crippen MR) is 117 cm³/mol. The highest BCUT2D eigenvalue weighted by Crippen LogP contribution is 2.17. The van der Waals surface area contributed by atoms with Gasteiger partial charge in [0.15, 0.2) is 0 Å². The number of carbonyl (C=O) groups is 2. The molecule has 0 aliphatic carbocycles. The number of benzene rings is 3. The topological polar surface area (TPSA) is 92.8 Å². The summed E-state index contributed by atoms with van der Waals surface area (Å²) >= 11 is 0. The highest BCUT2D eigenvalue weighted by Gasteiger charge is 2.20. The summed E-state index contributed by atoms with van der Waals surface area (Å²) in [6, 6.07) is 21.3. The Balaban J connectivity index is 1.64. The molecule has 3 rings (SSSR count). The summed E-state index contributed by atoms with van der Waals surface area (Å²) < 4.78 is 31.2. The maximum absolute atomic E-state index is 12.6. The van der Waals surface area contributed by atoms with Gasteiger partial charge in [0.1, 0.15) is 0 Å². The number of methoxy groups -OCH3 is 1. The van der Waals surface area contributed by atoms with Gasteiger partial charge in [0.2, 0.25) is 10.0 Å². The van der Waals surface area contributed by atoms with Crippen molar-refractivity contribution < 1.29 is 22.7 Å². The third kappa shape index (κ3) is 5.36. The lowest BCUT2D eigenvalue weighted by molar-refractivity contribution is 0.0600. The standard InChI is InChI=1S/C23H22N2O5S/c1-25(31(28,29)21-6-4-3-5-7-21)16-17-8-10-18(11-9-17)22(26)24-20-14-12-19(13-15-20)23(27)30-2/h3-15H,16H2,1-2H3,(H,24,26). The van der Waals surface area contributed by atoms with Gasteiger partial charge in [0.05, 0.1) is 17.6 Å². The Labute approximate surface area is 181 Å². The molecule has 0 radical (unpaired) electrons. The van der Waals surface area contributed by atoms with E-state index in [1.165, 1.54) is 18.5 Å². The van der Waals surface area contributed by atoms with E-state index in [-0.39, 0.29) is 17.3 Å². The number of amides is 1. The number of hydrogen-bond acceptors (Lipinski definition) is 5. The van der Waals surface area contributed by atoms with Crippen molar-refractivity contribution in [3.8, 4) is 0 Å². The quantitative estimate of drug-likeness (QED) is 0.570. The Morgan fingerprint density at radius 3 is 2.03 bits per heavy atom. The number of nitrogens with zero attached hydrogens (tertiary/aromatic N) is 1. The van der Waals surface area contributed by atoms with Crippen LogP contribution in [0.3, 0.4) is 0 Å². The van der Waals surface area contributed by atoms with Crippen LogP contribution in [0.1, 0.15) is 26.3 Å². The van der Waals surface area contributed by atoms with Gasteiger partial charge in [0, 0.05) is 24.8 Å². The third-order valence-electron chi connectivity index (χ3n) is 4.64. The van der Waals surface area contributed by atoms with Crippen LogP contribution in [-0.2, 0) is 21.3 Å². The molecule has 3 aromatic carbocycles. The van der Waals surface area contributed by atoms with E-state index >= 15 is 0 Å². The lowest BCUT2D eigenvalue weighted by Gasteiger charge is -2.17. The van der Waals surface area contributed by atoms with E-state index < -0.39 is 16.0 Å². The van der Waals surface area contributed by atoms with Crippen molar-refractivity contribution in [1.29, 1.82) is 0 Å². The maximum Gasteiger partial charge on any atom is 0.337 e. The number of anilines is 1. The van der Waals surface area contributed by atoms with Gasteiger partial charge in [-0.2, -0.15) is 4.31 Å². The Morgan fingerprint density at radius 1 is 0.871 bits per heavy atom. The molecule has 0 fully saturated rings. The molecule has 0 atom stereocenters. The fraction of sp³-hybridized carbons (Fsp3) is 0.130. The first-order valence-corrected chi connectivity index (χ1v) is 10.9. The second-order valence-corrected chi connectivity index (χ2v) is 8.84. The summed E-state index contributed by atoms with van der Waals surface area (Å²) in [5.74, 6) is -0.768. The van der Waals surface area contributed by atoms with E-state index in [0.29, 0.717) is 16.8 Å². The predicted octanol–water partition coefficient (Wildman–Crippen LogP) is 3.55. The first kappa shape index (κ1) is 22.2. The minimum Gasteiger partial charge on any atom is -0.465 e. The average molecular weight is 439 g/mol. The summed E-state index contributed by atoms with van der Waals surface area (Å²) in [6.45, 7) is 0.175. The SMILES string of the molecule is COC(=O)c1ccc(NC(=O)c2ccc(CN(C)S(=O)(=O)c3ccccc3)cc2)cc1. The Kier molecular flexibility index (Phi) is 6.84. The summed E-state index contributed by atoms with van der Waals surface area (Å²) in [4.78, 5) is 24.2. The van der Waals surface area contributed by atoms with Gasteiger partial charge < -0.3 is 10.1 Å². The molecule has 1 N–H and O–H groups in total. The van der Waals surface area contributed by atoms with Gasteiger partial charge in [-0.25, -0.2) is 13.2 Å². The minimum absolute atomic E-state index is 0.175. The van der Waals surface area contributed by atoms with Crippen molar-refractivity contribution in [3.63, 3.8) is 0 Å². The largest absolute Gasteiger partial charge is 0.465 e. The van der Waals surface area contributed by atoms with Crippen molar-refractivity contribution >= 4 is 27.6 Å². The van der Waals surface area contributed by atoms with E-state index in [1.54, 1.807) is 78.9 Å². The zero-order valence-corrected chi connectivity index (χ0v) is 17.9. The molecule has 0 spiro atoms. The molecule has 0 aromatic heterocycles. The van der Waals surface area contributed by atoms with E-state index in [4.69, 9.17) is 0 Å². The van der Waals surface area contributed by atoms with E-state index in [0.717, 1.165) is 5.56 Å². The summed E-state index contributed by atoms with van der Waals surface area (Å²) in [7, 11) is -0.778. The number of esters is 1. The van der Waals surface area contributed by atoms with Crippen LogP contribution in [0, 0.1) is 0 Å². The van der Waals surface area contributed by atoms with Crippen molar-refractivity contribution in [2.24, 2.45) is 0 Å². The van der Waals surface area contributed by atoms with Gasteiger partial charge in [-0.05, 0) is 54.1 Å². The molecule has 31 heavy (non-hydrogen) atoms. The molecular weight excluding hydrogens is 416 g/mol. The molecule has 0 aliphatic rings. The number of rotatable bonds is 7. The van der Waals surface area contributed by atoms with E-state index in [2.05, 4.69) is 10.1 Å². The fourth-order valence-corrected chi connectivity index (χ4v) is 4.07. The smallest absolute Gasteiger partial charge is 0.337 e. The van der Waals surface area contributed by atoms with Crippen LogP contribution in [0.2, 0.25) is 0 Å². The van der Waals surface area contributed by atoms with E-state index in [1.807, 2.05) is 0 Å². The minimum atomic E-state index is -3.59. The van der Waals surface area contributed by atoms with Crippen LogP contribution in [0.15, 0.2) is 83.8 Å². The Morgan fingerprint density at radius 2 is 1.45 bits per heavy atom. The summed E-state index contributed by atoms with van der Waals surface area (Å²) in [6.07, 6.45) is 0. The monoisotopic (exact) mass is 438 g/mol. The van der Waals surface area contributed by atoms with Crippen molar-refractivity contribution in [2.75, 3.05) is 19.5 Å². The fourth-order valence-electron chi connectivity index (χ4n) is 2.89. The molecule has 8 heteroatoms. The zero-order chi connectivity index (χ0) is 22.4. The molecule has 0 unspecified atom stereocenters. The zero-order valence-electron chi connectivity index (χ0n) is 17.1. The third-order valence-corrected chi connectivity index (χ3v) is 6.45. The van der Waals surface area contributed by atoms with Gasteiger partial charge >= 0.3 is 5.97 Å². The molecular formula is C23H22N2O5S. The van der Waals surface area contributed by atoms with Crippen molar-refractivity contribution in [2.45, 2.75) is 11.4 Å². The highest BCUT2D eigenvalue weighted by atomic mass is 32.2. The van der Waals surface area contributed by atoms with Gasteiger partial charge in [-0.3, -0.25) is 4.79 Å². The Bertz CT molecular complexity index is 1160. The lowest BCUT2D eigenvalue weighted by atomic mass is 10.1. The number of nitrogens with one attached hydrogen (secondary N) is 1. The van der Waals surface area contributed by atoms with Crippen molar-refractivity contribution in [1.82, 2.24) is 4.31 Å². The second-order valence-electron chi connectivity index (χ2n) is 6.79. The maximum atomic E-state index is 12.6. The second kappa shape index (κ2) is 9.55. The number of carbonyl (C=O) groups excluding carboxylic acids is 2. The first-order chi connectivity index (χ1) is 14.8. The average Bonchev–Trinajstić information content (AvgIpc) is 2.80. The van der Waals surface area contributed by atoms with E-state index in [9.17, 15) is 18.0 Å². The number of ether oxygens (including phenoxy) is 1. The van der Waals surface area contributed by atoms with Crippen LogP contribution in [0.25, 0.3) is 0 Å². The summed E-state index contributed by atoms with van der Waals surface area (Å²) in [5, 5.41) is 2.75. The van der Waals surface area contributed by atoms with Gasteiger partial charge in [-0.15, -0.1) is 0 Å². The molecule has 0 heterocycles. The molecule has 7 nitrogen and oxygen atoms in total. The Hall–Kier alpha value is -3.49. The van der Waals surface area contributed by atoms with Crippen LogP contribution in [0.5, 0.6) is 0 Å². The molecule has 160 valence electrons. The summed E-state index contributed by atoms with van der Waals surface area (Å²) in [5.41, 5.74) is 2.10. The van der Waals surface area contributed by atoms with Crippen molar-refractivity contribution in [3.05, 3.63) is 95.6 Å². The van der Waals surface area contributed by atoms with Crippen LogP contribution in [-0.4, -0.2) is 38.8 Å². The highest BCUT2D eigenvalue weighted by molar-refractivity contribution is 7.89. The van der Waals surface area contributed by atoms with Gasteiger partial charge in [-0.1, -0.05) is 30.3 Å². The number of hydrogen-bond donors (Lipinski definition) is 1. The van der Waals surface area contributed by atoms with Crippen LogP contribution < -0.4 is 5.32 Å². The van der Waals surface area contributed by atoms with Crippen LogP contribution >= 0.6 is 0 Å². The molecule has 0 aliphatic heterocycles. The normalized spacial score (nSPS) is 11.2. The molecule has 0 saturated heterocycles. The molecule has 0 saturated carbocycles. The number of sulfonamides is 1. The molecule has 3 aromatic rings. The van der Waals surface area contributed by atoms with Gasteiger partial charge in [0.25, 0.3) is 5.91 Å². The first-order valence-electron chi connectivity index (χ1n) is 9.41.